The van der Waals surface area contributed by atoms with Crippen LogP contribution in [0.4, 0.5) is 5.82 Å². The summed E-state index contributed by atoms with van der Waals surface area (Å²) in [7, 11) is 3.26. The molecule has 5 nitrogen and oxygen atoms in total. The average molecular weight is 317 g/mol. The van der Waals surface area contributed by atoms with E-state index in [4.69, 9.17) is 21.7 Å². The SMILES string of the molecule is COc1ccc(CCNC(=S)Nc2ccccn2)cc1OC. The second-order valence-corrected chi connectivity index (χ2v) is 4.94. The van der Waals surface area contributed by atoms with Gasteiger partial charge >= 0.3 is 0 Å². The standard InChI is InChI=1S/C16H19N3O2S/c1-20-13-7-6-12(11-14(13)21-2)8-10-18-16(22)19-15-5-3-4-9-17-15/h3-7,9,11H,8,10H2,1-2H3,(H2,17,18,19,22). The summed E-state index contributed by atoms with van der Waals surface area (Å²) in [5.74, 6) is 2.19. The summed E-state index contributed by atoms with van der Waals surface area (Å²) in [6.45, 7) is 0.716. The van der Waals surface area contributed by atoms with Crippen molar-refractivity contribution in [1.82, 2.24) is 10.3 Å². The first-order valence-corrected chi connectivity index (χ1v) is 7.30. The molecule has 0 atom stereocenters. The number of benzene rings is 1. The van der Waals surface area contributed by atoms with Gasteiger partial charge in [0, 0.05) is 12.7 Å². The molecule has 2 rings (SSSR count). The highest BCUT2D eigenvalue weighted by atomic mass is 32.1. The molecular formula is C16H19N3O2S. The number of nitrogens with one attached hydrogen (secondary N) is 2. The zero-order chi connectivity index (χ0) is 15.8. The van der Waals surface area contributed by atoms with E-state index in [0.717, 1.165) is 29.3 Å². The fourth-order valence-electron chi connectivity index (χ4n) is 1.95. The van der Waals surface area contributed by atoms with E-state index in [1.807, 2.05) is 36.4 Å². The number of nitrogens with zero attached hydrogens (tertiary/aromatic N) is 1. The lowest BCUT2D eigenvalue weighted by atomic mass is 10.1. The fourth-order valence-corrected chi connectivity index (χ4v) is 2.16. The van der Waals surface area contributed by atoms with Crippen LogP contribution in [-0.4, -0.2) is 30.9 Å². The van der Waals surface area contributed by atoms with Crippen LogP contribution in [0, 0.1) is 0 Å². The van der Waals surface area contributed by atoms with Crippen molar-refractivity contribution in [3.8, 4) is 11.5 Å². The molecule has 0 fully saturated rings. The van der Waals surface area contributed by atoms with Gasteiger partial charge in [-0.3, -0.25) is 0 Å². The molecule has 116 valence electrons. The average Bonchev–Trinajstić information content (AvgIpc) is 2.55. The van der Waals surface area contributed by atoms with Crippen LogP contribution in [0.5, 0.6) is 11.5 Å². The quantitative estimate of drug-likeness (QED) is 0.799. The first-order valence-electron chi connectivity index (χ1n) is 6.89. The van der Waals surface area contributed by atoms with Crippen LogP contribution in [0.25, 0.3) is 0 Å². The van der Waals surface area contributed by atoms with Gasteiger partial charge in [0.1, 0.15) is 5.82 Å². The van der Waals surface area contributed by atoms with Gasteiger partial charge in [-0.2, -0.15) is 0 Å². The molecule has 0 aliphatic carbocycles. The van der Waals surface area contributed by atoms with Gasteiger partial charge in [0.05, 0.1) is 14.2 Å². The van der Waals surface area contributed by atoms with E-state index in [9.17, 15) is 0 Å². The maximum absolute atomic E-state index is 5.29. The highest BCUT2D eigenvalue weighted by molar-refractivity contribution is 7.80. The maximum atomic E-state index is 5.29. The fraction of sp³-hybridized carbons (Fsp3) is 0.250. The van der Waals surface area contributed by atoms with Crippen LogP contribution in [-0.2, 0) is 6.42 Å². The molecule has 6 heteroatoms. The van der Waals surface area contributed by atoms with Crippen LogP contribution in [0.3, 0.4) is 0 Å². The van der Waals surface area contributed by atoms with E-state index < -0.39 is 0 Å². The number of thiocarbonyl (C=S) groups is 1. The summed E-state index contributed by atoms with van der Waals surface area (Å²) in [5.41, 5.74) is 1.14. The third kappa shape index (κ3) is 4.60. The number of methoxy groups -OCH3 is 2. The Morgan fingerprint density at radius 2 is 1.95 bits per heavy atom. The molecule has 22 heavy (non-hydrogen) atoms. The lowest BCUT2D eigenvalue weighted by Gasteiger charge is -2.11. The second kappa shape index (κ2) is 8.19. The molecule has 0 bridgehead atoms. The van der Waals surface area contributed by atoms with Gasteiger partial charge in [-0.25, -0.2) is 4.98 Å². The van der Waals surface area contributed by atoms with Crippen molar-refractivity contribution in [3.63, 3.8) is 0 Å². The van der Waals surface area contributed by atoms with Crippen LogP contribution < -0.4 is 20.1 Å². The summed E-state index contributed by atoms with van der Waals surface area (Å²) < 4.78 is 10.5. The first-order chi connectivity index (χ1) is 10.7. The van der Waals surface area contributed by atoms with Gasteiger partial charge in [-0.05, 0) is 48.5 Å². The van der Waals surface area contributed by atoms with Gasteiger partial charge in [0.2, 0.25) is 0 Å². The minimum atomic E-state index is 0.555. The molecule has 2 N–H and O–H groups in total. The van der Waals surface area contributed by atoms with E-state index in [1.165, 1.54) is 0 Å². The molecule has 0 radical (unpaired) electrons. The third-order valence-electron chi connectivity index (χ3n) is 3.05. The van der Waals surface area contributed by atoms with E-state index in [2.05, 4.69) is 15.6 Å². The van der Waals surface area contributed by atoms with Crippen LogP contribution in [0.1, 0.15) is 5.56 Å². The summed E-state index contributed by atoms with van der Waals surface area (Å²) in [6, 6.07) is 11.5. The van der Waals surface area contributed by atoms with Crippen molar-refractivity contribution in [1.29, 1.82) is 0 Å². The Balaban J connectivity index is 1.82. The minimum Gasteiger partial charge on any atom is -0.493 e. The Labute approximate surface area is 135 Å². The van der Waals surface area contributed by atoms with Crippen molar-refractivity contribution in [2.75, 3.05) is 26.1 Å². The molecule has 2 aromatic rings. The van der Waals surface area contributed by atoms with Gasteiger partial charge in [0.15, 0.2) is 16.6 Å². The number of aromatic nitrogens is 1. The number of hydrogen-bond acceptors (Lipinski definition) is 4. The van der Waals surface area contributed by atoms with Crippen LogP contribution in [0.15, 0.2) is 42.6 Å². The first kappa shape index (κ1) is 16.0. The summed E-state index contributed by atoms with van der Waals surface area (Å²) in [5, 5.41) is 6.74. The molecular weight excluding hydrogens is 298 g/mol. The van der Waals surface area contributed by atoms with Gasteiger partial charge in [-0.15, -0.1) is 0 Å². The molecule has 1 aromatic carbocycles. The lowest BCUT2D eigenvalue weighted by molar-refractivity contribution is 0.354. The third-order valence-corrected chi connectivity index (χ3v) is 3.30. The monoisotopic (exact) mass is 317 g/mol. The van der Waals surface area contributed by atoms with E-state index in [-0.39, 0.29) is 0 Å². The number of anilines is 1. The Hall–Kier alpha value is -2.34. The predicted octanol–water partition coefficient (Wildman–Crippen LogP) is 2.63. The Morgan fingerprint density at radius 1 is 1.14 bits per heavy atom. The predicted molar refractivity (Wildman–Crippen MR) is 91.7 cm³/mol. The molecule has 0 spiro atoms. The van der Waals surface area contributed by atoms with Gasteiger partial charge in [-0.1, -0.05) is 12.1 Å². The largest absolute Gasteiger partial charge is 0.493 e. The highest BCUT2D eigenvalue weighted by Crippen LogP contribution is 2.27. The smallest absolute Gasteiger partial charge is 0.171 e. The van der Waals surface area contributed by atoms with E-state index >= 15 is 0 Å². The molecule has 1 heterocycles. The van der Waals surface area contributed by atoms with Gasteiger partial charge in [0.25, 0.3) is 0 Å². The molecule has 0 unspecified atom stereocenters. The van der Waals surface area contributed by atoms with Crippen LogP contribution >= 0.6 is 12.2 Å². The molecule has 0 saturated heterocycles. The summed E-state index contributed by atoms with van der Waals surface area (Å²) in [6.07, 6.45) is 2.54. The highest BCUT2D eigenvalue weighted by Gasteiger charge is 2.04. The topological polar surface area (TPSA) is 55.4 Å². The molecule has 0 amide bonds. The molecule has 0 aliphatic rings. The molecule has 0 aliphatic heterocycles. The van der Waals surface area contributed by atoms with E-state index in [0.29, 0.717) is 11.7 Å². The Kier molecular flexibility index (Phi) is 5.97. The molecule has 0 saturated carbocycles. The van der Waals surface area contributed by atoms with Crippen molar-refractivity contribution in [3.05, 3.63) is 48.2 Å². The summed E-state index contributed by atoms with van der Waals surface area (Å²) in [4.78, 5) is 4.16. The minimum absolute atomic E-state index is 0.555. The second-order valence-electron chi connectivity index (χ2n) is 4.54. The number of ether oxygens (including phenoxy) is 2. The zero-order valence-corrected chi connectivity index (χ0v) is 13.4. The summed E-state index contributed by atoms with van der Waals surface area (Å²) >= 11 is 5.23. The van der Waals surface area contributed by atoms with Crippen molar-refractivity contribution < 1.29 is 9.47 Å². The number of pyridine rings is 1. The number of hydrogen-bond donors (Lipinski definition) is 2. The van der Waals surface area contributed by atoms with Crippen molar-refractivity contribution in [2.24, 2.45) is 0 Å². The van der Waals surface area contributed by atoms with Gasteiger partial charge < -0.3 is 20.1 Å². The van der Waals surface area contributed by atoms with E-state index in [1.54, 1.807) is 20.4 Å². The Bertz CT molecular complexity index is 620. The van der Waals surface area contributed by atoms with Crippen LogP contribution in [0.2, 0.25) is 0 Å². The zero-order valence-electron chi connectivity index (χ0n) is 12.6. The maximum Gasteiger partial charge on any atom is 0.171 e. The Morgan fingerprint density at radius 3 is 2.64 bits per heavy atom. The normalized spacial score (nSPS) is 9.91. The number of rotatable bonds is 6. The van der Waals surface area contributed by atoms with Crippen molar-refractivity contribution >= 4 is 23.1 Å². The lowest BCUT2D eigenvalue weighted by Crippen LogP contribution is -2.30. The molecule has 1 aromatic heterocycles. The van der Waals surface area contributed by atoms with Crippen molar-refractivity contribution in [2.45, 2.75) is 6.42 Å².